The third-order valence-corrected chi connectivity index (χ3v) is 3.81. The van der Waals surface area contributed by atoms with Crippen molar-refractivity contribution in [1.29, 1.82) is 0 Å². The number of carboxylic acids is 1. The van der Waals surface area contributed by atoms with Gasteiger partial charge in [0.1, 0.15) is 0 Å². The average Bonchev–Trinajstić information content (AvgIpc) is 3.00. The molecule has 2 aromatic rings. The Morgan fingerprint density at radius 2 is 2.00 bits per heavy atom. The van der Waals surface area contributed by atoms with E-state index in [1.54, 1.807) is 0 Å². The van der Waals surface area contributed by atoms with Gasteiger partial charge in [0.15, 0.2) is 0 Å². The van der Waals surface area contributed by atoms with Crippen molar-refractivity contribution in [2.24, 2.45) is 0 Å². The fourth-order valence-corrected chi connectivity index (χ4v) is 2.49. The van der Waals surface area contributed by atoms with Crippen LogP contribution in [0.5, 0.6) is 0 Å². The molecule has 0 bridgehead atoms. The van der Waals surface area contributed by atoms with E-state index in [1.807, 2.05) is 35.3 Å². The molecule has 5 heteroatoms. The molecule has 1 aromatic carbocycles. The highest BCUT2D eigenvalue weighted by Gasteiger charge is 2.12. The standard InChI is InChI=1S/C18H25N3O2/c1-14(2)21-13-16(12-20-21)11-19-17(8-9-18(22)23)10-15-6-4-3-5-7-15/h3-7,12-14,17,19H,8-11H2,1-2H3,(H,22,23). The largest absolute Gasteiger partial charge is 0.481 e. The summed E-state index contributed by atoms with van der Waals surface area (Å²) >= 11 is 0. The predicted molar refractivity (Wildman–Crippen MR) is 90.3 cm³/mol. The highest BCUT2D eigenvalue weighted by molar-refractivity contribution is 5.66. The summed E-state index contributed by atoms with van der Waals surface area (Å²) in [6.07, 6.45) is 5.52. The van der Waals surface area contributed by atoms with Crippen LogP contribution in [0.15, 0.2) is 42.7 Å². The lowest BCUT2D eigenvalue weighted by Gasteiger charge is -2.18. The van der Waals surface area contributed by atoms with Crippen LogP contribution in [0.2, 0.25) is 0 Å². The molecule has 0 aliphatic rings. The first-order valence-corrected chi connectivity index (χ1v) is 8.06. The molecule has 2 rings (SSSR count). The van der Waals surface area contributed by atoms with Crippen molar-refractivity contribution < 1.29 is 9.90 Å². The molecule has 23 heavy (non-hydrogen) atoms. The maximum absolute atomic E-state index is 10.9. The van der Waals surface area contributed by atoms with Crippen molar-refractivity contribution >= 4 is 5.97 Å². The van der Waals surface area contributed by atoms with E-state index in [0.29, 0.717) is 19.0 Å². The number of hydrogen-bond acceptors (Lipinski definition) is 3. The normalized spacial score (nSPS) is 12.5. The lowest BCUT2D eigenvalue weighted by atomic mass is 10.0. The smallest absolute Gasteiger partial charge is 0.303 e. The maximum Gasteiger partial charge on any atom is 0.303 e. The molecule has 0 saturated heterocycles. The van der Waals surface area contributed by atoms with E-state index < -0.39 is 5.97 Å². The molecule has 0 aliphatic carbocycles. The van der Waals surface area contributed by atoms with Crippen molar-refractivity contribution in [2.75, 3.05) is 0 Å². The third kappa shape index (κ3) is 5.87. The number of aliphatic carboxylic acids is 1. The lowest BCUT2D eigenvalue weighted by molar-refractivity contribution is -0.137. The molecule has 5 nitrogen and oxygen atoms in total. The first-order valence-electron chi connectivity index (χ1n) is 8.06. The van der Waals surface area contributed by atoms with Gasteiger partial charge in [-0.25, -0.2) is 0 Å². The summed E-state index contributed by atoms with van der Waals surface area (Å²) in [4.78, 5) is 10.9. The first kappa shape index (κ1) is 17.2. The van der Waals surface area contributed by atoms with Gasteiger partial charge in [0.25, 0.3) is 0 Å². The summed E-state index contributed by atoms with van der Waals surface area (Å²) in [7, 11) is 0. The van der Waals surface area contributed by atoms with Crippen molar-refractivity contribution in [3.05, 3.63) is 53.9 Å². The molecular formula is C18H25N3O2. The quantitative estimate of drug-likeness (QED) is 0.746. The third-order valence-electron chi connectivity index (χ3n) is 3.81. The SMILES string of the molecule is CC(C)n1cc(CNC(CCC(=O)O)Cc2ccccc2)cn1. The first-order chi connectivity index (χ1) is 11.0. The van der Waals surface area contributed by atoms with Gasteiger partial charge in [-0.1, -0.05) is 30.3 Å². The molecule has 2 N–H and O–H groups in total. The number of carboxylic acid groups (broad SMARTS) is 1. The van der Waals surface area contributed by atoms with Crippen LogP contribution in [0.3, 0.4) is 0 Å². The van der Waals surface area contributed by atoms with E-state index in [2.05, 4.69) is 36.4 Å². The van der Waals surface area contributed by atoms with Gasteiger partial charge in [0, 0.05) is 36.8 Å². The fraction of sp³-hybridized carbons (Fsp3) is 0.444. The second-order valence-electron chi connectivity index (χ2n) is 6.12. The Morgan fingerprint density at radius 1 is 1.26 bits per heavy atom. The second-order valence-corrected chi connectivity index (χ2v) is 6.12. The Morgan fingerprint density at radius 3 is 2.61 bits per heavy atom. The van der Waals surface area contributed by atoms with E-state index in [4.69, 9.17) is 5.11 Å². The van der Waals surface area contributed by atoms with Crippen LogP contribution >= 0.6 is 0 Å². The molecule has 1 heterocycles. The highest BCUT2D eigenvalue weighted by atomic mass is 16.4. The predicted octanol–water partition coefficient (Wildman–Crippen LogP) is 3.03. The van der Waals surface area contributed by atoms with Gasteiger partial charge in [0.2, 0.25) is 0 Å². The molecule has 0 spiro atoms. The Labute approximate surface area is 137 Å². The Bertz CT molecular complexity index is 608. The molecule has 0 fully saturated rings. The fourth-order valence-electron chi connectivity index (χ4n) is 2.49. The average molecular weight is 315 g/mol. The van der Waals surface area contributed by atoms with E-state index in [1.165, 1.54) is 5.56 Å². The van der Waals surface area contributed by atoms with Crippen LogP contribution in [0.25, 0.3) is 0 Å². The highest BCUT2D eigenvalue weighted by Crippen LogP contribution is 2.10. The van der Waals surface area contributed by atoms with E-state index >= 15 is 0 Å². The van der Waals surface area contributed by atoms with Crippen LogP contribution in [0.1, 0.15) is 43.9 Å². The summed E-state index contributed by atoms with van der Waals surface area (Å²) in [5.74, 6) is -0.752. The number of aromatic nitrogens is 2. The molecular weight excluding hydrogens is 290 g/mol. The number of nitrogens with zero attached hydrogens (tertiary/aromatic N) is 2. The molecule has 124 valence electrons. The van der Waals surface area contributed by atoms with Crippen molar-refractivity contribution in [3.8, 4) is 0 Å². The van der Waals surface area contributed by atoms with E-state index in [-0.39, 0.29) is 12.5 Å². The second kappa shape index (κ2) is 8.48. The van der Waals surface area contributed by atoms with Crippen molar-refractivity contribution in [1.82, 2.24) is 15.1 Å². The number of nitrogens with one attached hydrogen (secondary N) is 1. The minimum Gasteiger partial charge on any atom is -0.481 e. The Hall–Kier alpha value is -2.14. The molecule has 1 atom stereocenters. The molecule has 0 radical (unpaired) electrons. The molecule has 0 amide bonds. The summed E-state index contributed by atoms with van der Waals surface area (Å²) in [6.45, 7) is 4.88. The van der Waals surface area contributed by atoms with Crippen LogP contribution in [0.4, 0.5) is 0 Å². The van der Waals surface area contributed by atoms with Crippen LogP contribution in [-0.2, 0) is 17.8 Å². The van der Waals surface area contributed by atoms with Crippen molar-refractivity contribution in [2.45, 2.75) is 51.7 Å². The summed E-state index contributed by atoms with van der Waals surface area (Å²) in [5.41, 5.74) is 2.33. The summed E-state index contributed by atoms with van der Waals surface area (Å²) in [6, 6.07) is 10.6. The Balaban J connectivity index is 1.94. The summed E-state index contributed by atoms with van der Waals surface area (Å²) < 4.78 is 1.93. The van der Waals surface area contributed by atoms with Gasteiger partial charge in [-0.3, -0.25) is 9.48 Å². The van der Waals surface area contributed by atoms with E-state index in [9.17, 15) is 4.79 Å². The number of hydrogen-bond donors (Lipinski definition) is 2. The van der Waals surface area contributed by atoms with Gasteiger partial charge < -0.3 is 10.4 Å². The van der Waals surface area contributed by atoms with Gasteiger partial charge >= 0.3 is 5.97 Å². The van der Waals surface area contributed by atoms with Gasteiger partial charge in [-0.2, -0.15) is 5.10 Å². The van der Waals surface area contributed by atoms with Crippen LogP contribution in [0, 0.1) is 0 Å². The van der Waals surface area contributed by atoms with E-state index in [0.717, 1.165) is 12.0 Å². The van der Waals surface area contributed by atoms with Gasteiger partial charge in [0.05, 0.1) is 6.20 Å². The Kier molecular flexibility index (Phi) is 6.35. The number of carbonyl (C=O) groups is 1. The van der Waals surface area contributed by atoms with Crippen molar-refractivity contribution in [3.63, 3.8) is 0 Å². The lowest BCUT2D eigenvalue weighted by Crippen LogP contribution is -2.31. The topological polar surface area (TPSA) is 67.2 Å². The number of benzene rings is 1. The monoisotopic (exact) mass is 315 g/mol. The molecule has 1 aromatic heterocycles. The minimum atomic E-state index is -0.752. The van der Waals surface area contributed by atoms with Gasteiger partial charge in [-0.15, -0.1) is 0 Å². The zero-order valence-corrected chi connectivity index (χ0v) is 13.8. The molecule has 0 aliphatic heterocycles. The summed E-state index contributed by atoms with van der Waals surface area (Å²) in [5, 5.41) is 16.7. The molecule has 1 unspecified atom stereocenters. The van der Waals surface area contributed by atoms with Gasteiger partial charge in [-0.05, 0) is 32.3 Å². The zero-order valence-electron chi connectivity index (χ0n) is 13.8. The van der Waals surface area contributed by atoms with Crippen LogP contribution < -0.4 is 5.32 Å². The number of rotatable bonds is 9. The molecule has 0 saturated carbocycles. The van der Waals surface area contributed by atoms with Crippen LogP contribution in [-0.4, -0.2) is 26.9 Å². The zero-order chi connectivity index (χ0) is 16.7. The maximum atomic E-state index is 10.9. The minimum absolute atomic E-state index is 0.135.